The standard InChI is InChI=1S/C12H8FNO3S/c13-9-1-2-10(11(6-9)14(16)17)12(15)5-8-3-4-18-7-8/h1-4,6-7H,5H2. The van der Waals surface area contributed by atoms with Gasteiger partial charge in [-0.15, -0.1) is 0 Å². The second-order valence-corrected chi connectivity index (χ2v) is 4.43. The van der Waals surface area contributed by atoms with Crippen LogP contribution in [0.5, 0.6) is 0 Å². The first-order chi connectivity index (χ1) is 8.58. The Labute approximate surface area is 106 Å². The molecule has 0 bridgehead atoms. The normalized spacial score (nSPS) is 10.3. The highest BCUT2D eigenvalue weighted by Gasteiger charge is 2.20. The van der Waals surface area contributed by atoms with E-state index in [0.29, 0.717) is 0 Å². The number of nitrogens with zero attached hydrogens (tertiary/aromatic N) is 1. The van der Waals surface area contributed by atoms with Crippen LogP contribution in [0, 0.1) is 15.9 Å². The number of thiophene rings is 1. The number of carbonyl (C=O) groups is 1. The Morgan fingerprint density at radius 2 is 2.17 bits per heavy atom. The summed E-state index contributed by atoms with van der Waals surface area (Å²) < 4.78 is 12.9. The smallest absolute Gasteiger partial charge is 0.283 e. The number of halogens is 1. The van der Waals surface area contributed by atoms with Crippen LogP contribution in [0.25, 0.3) is 0 Å². The van der Waals surface area contributed by atoms with Gasteiger partial charge in [0, 0.05) is 6.42 Å². The van der Waals surface area contributed by atoms with E-state index in [9.17, 15) is 19.3 Å². The maximum atomic E-state index is 12.9. The van der Waals surface area contributed by atoms with Gasteiger partial charge in [0.25, 0.3) is 5.69 Å². The van der Waals surface area contributed by atoms with Crippen molar-refractivity contribution in [2.75, 3.05) is 0 Å². The maximum absolute atomic E-state index is 12.9. The van der Waals surface area contributed by atoms with E-state index >= 15 is 0 Å². The summed E-state index contributed by atoms with van der Waals surface area (Å²) in [6, 6.07) is 4.74. The summed E-state index contributed by atoms with van der Waals surface area (Å²) in [4.78, 5) is 21.9. The van der Waals surface area contributed by atoms with Crippen molar-refractivity contribution in [3.05, 3.63) is 62.1 Å². The Morgan fingerprint density at radius 3 is 2.78 bits per heavy atom. The largest absolute Gasteiger partial charge is 0.294 e. The van der Waals surface area contributed by atoms with Crippen LogP contribution in [-0.4, -0.2) is 10.7 Å². The lowest BCUT2D eigenvalue weighted by atomic mass is 10.0. The molecule has 0 radical (unpaired) electrons. The van der Waals surface area contributed by atoms with E-state index in [4.69, 9.17) is 0 Å². The molecule has 4 nitrogen and oxygen atoms in total. The van der Waals surface area contributed by atoms with Crippen molar-refractivity contribution >= 4 is 22.8 Å². The van der Waals surface area contributed by atoms with Gasteiger partial charge in [-0.3, -0.25) is 14.9 Å². The molecule has 6 heteroatoms. The third kappa shape index (κ3) is 2.60. The van der Waals surface area contributed by atoms with Crippen LogP contribution in [0.4, 0.5) is 10.1 Å². The number of hydrogen-bond donors (Lipinski definition) is 0. The van der Waals surface area contributed by atoms with Crippen molar-refractivity contribution in [3.8, 4) is 0 Å². The molecule has 0 fully saturated rings. The predicted molar refractivity (Wildman–Crippen MR) is 65.4 cm³/mol. The highest BCUT2D eigenvalue weighted by Crippen LogP contribution is 2.22. The van der Waals surface area contributed by atoms with Gasteiger partial charge < -0.3 is 0 Å². The van der Waals surface area contributed by atoms with Crippen LogP contribution >= 0.6 is 11.3 Å². The van der Waals surface area contributed by atoms with Gasteiger partial charge in [0.05, 0.1) is 16.6 Å². The molecule has 2 aromatic rings. The minimum Gasteiger partial charge on any atom is -0.294 e. The fourth-order valence-corrected chi connectivity index (χ4v) is 2.23. The van der Waals surface area contributed by atoms with Crippen molar-refractivity contribution in [1.82, 2.24) is 0 Å². The van der Waals surface area contributed by atoms with Gasteiger partial charge in [-0.05, 0) is 34.5 Å². The molecule has 1 heterocycles. The fourth-order valence-electron chi connectivity index (χ4n) is 1.57. The fraction of sp³-hybridized carbons (Fsp3) is 0.0833. The van der Waals surface area contributed by atoms with Crippen molar-refractivity contribution in [2.45, 2.75) is 6.42 Å². The molecule has 0 unspecified atom stereocenters. The zero-order chi connectivity index (χ0) is 13.1. The molecule has 0 atom stereocenters. The molecule has 0 aliphatic heterocycles. The summed E-state index contributed by atoms with van der Waals surface area (Å²) in [6.45, 7) is 0. The monoisotopic (exact) mass is 265 g/mol. The Kier molecular flexibility index (Phi) is 3.47. The minimum absolute atomic E-state index is 0.0624. The van der Waals surface area contributed by atoms with E-state index < -0.39 is 16.4 Å². The maximum Gasteiger partial charge on any atom is 0.283 e. The van der Waals surface area contributed by atoms with Gasteiger partial charge in [-0.25, -0.2) is 4.39 Å². The molecule has 92 valence electrons. The molecule has 0 N–H and O–H groups in total. The number of nitro benzene ring substituents is 1. The van der Waals surface area contributed by atoms with E-state index in [2.05, 4.69) is 0 Å². The SMILES string of the molecule is O=C(Cc1ccsc1)c1ccc(F)cc1[N+](=O)[O-]. The first-order valence-electron chi connectivity index (χ1n) is 5.06. The average molecular weight is 265 g/mol. The van der Waals surface area contributed by atoms with Crippen LogP contribution < -0.4 is 0 Å². The molecule has 0 amide bonds. The van der Waals surface area contributed by atoms with Gasteiger partial charge in [-0.2, -0.15) is 11.3 Å². The summed E-state index contributed by atoms with van der Waals surface area (Å²) >= 11 is 1.44. The van der Waals surface area contributed by atoms with Crippen molar-refractivity contribution in [2.24, 2.45) is 0 Å². The van der Waals surface area contributed by atoms with Crippen molar-refractivity contribution < 1.29 is 14.1 Å². The summed E-state index contributed by atoms with van der Waals surface area (Å²) in [5.41, 5.74) is 0.242. The summed E-state index contributed by atoms with van der Waals surface area (Å²) in [5, 5.41) is 14.4. The highest BCUT2D eigenvalue weighted by molar-refractivity contribution is 7.08. The lowest BCUT2D eigenvalue weighted by Gasteiger charge is -2.01. The van der Waals surface area contributed by atoms with E-state index in [1.165, 1.54) is 11.3 Å². The minimum atomic E-state index is -0.746. The average Bonchev–Trinajstić information content (AvgIpc) is 2.81. The van der Waals surface area contributed by atoms with Crippen LogP contribution in [0.15, 0.2) is 35.0 Å². The van der Waals surface area contributed by atoms with Gasteiger partial charge in [0.2, 0.25) is 0 Å². The quantitative estimate of drug-likeness (QED) is 0.484. The first kappa shape index (κ1) is 12.4. The molecule has 0 saturated carbocycles. The molecule has 2 rings (SSSR count). The van der Waals surface area contributed by atoms with Gasteiger partial charge in [-0.1, -0.05) is 0 Å². The Hall–Kier alpha value is -2.08. The van der Waals surface area contributed by atoms with Gasteiger partial charge in [0.15, 0.2) is 5.78 Å². The Bertz CT molecular complexity index is 595. The number of ketones is 1. The highest BCUT2D eigenvalue weighted by atomic mass is 32.1. The van der Waals surface area contributed by atoms with E-state index in [-0.39, 0.29) is 17.8 Å². The van der Waals surface area contributed by atoms with Crippen LogP contribution in [0.3, 0.4) is 0 Å². The zero-order valence-electron chi connectivity index (χ0n) is 9.13. The molecule has 0 aliphatic rings. The van der Waals surface area contributed by atoms with Gasteiger partial charge >= 0.3 is 0 Å². The summed E-state index contributed by atoms with van der Waals surface area (Å²) in [5.74, 6) is -1.12. The Balaban J connectivity index is 2.32. The number of carbonyl (C=O) groups excluding carboxylic acids is 1. The number of nitro groups is 1. The van der Waals surface area contributed by atoms with Gasteiger partial charge in [0.1, 0.15) is 5.82 Å². The molecule has 1 aromatic carbocycles. The summed E-state index contributed by atoms with van der Waals surface area (Å²) in [6.07, 6.45) is 0.0793. The summed E-state index contributed by atoms with van der Waals surface area (Å²) in [7, 11) is 0. The van der Waals surface area contributed by atoms with E-state index in [0.717, 1.165) is 23.8 Å². The predicted octanol–water partition coefficient (Wildman–Crippen LogP) is 3.22. The third-order valence-electron chi connectivity index (χ3n) is 2.40. The van der Waals surface area contributed by atoms with Crippen molar-refractivity contribution in [1.29, 1.82) is 0 Å². The second-order valence-electron chi connectivity index (χ2n) is 3.65. The molecule has 0 saturated heterocycles. The van der Waals surface area contributed by atoms with E-state index in [1.54, 1.807) is 11.4 Å². The molecule has 0 spiro atoms. The molecule has 1 aromatic heterocycles. The number of benzene rings is 1. The lowest BCUT2D eigenvalue weighted by Crippen LogP contribution is -2.07. The third-order valence-corrected chi connectivity index (χ3v) is 3.13. The molecule has 0 aliphatic carbocycles. The number of Topliss-reactive ketones (excluding diaryl/α,β-unsaturated/α-hetero) is 1. The van der Waals surface area contributed by atoms with Crippen LogP contribution in [-0.2, 0) is 6.42 Å². The number of rotatable bonds is 4. The second kappa shape index (κ2) is 5.05. The van der Waals surface area contributed by atoms with Crippen molar-refractivity contribution in [3.63, 3.8) is 0 Å². The first-order valence-corrected chi connectivity index (χ1v) is 6.00. The van der Waals surface area contributed by atoms with Crippen LogP contribution in [0.1, 0.15) is 15.9 Å². The molecular formula is C12H8FNO3S. The lowest BCUT2D eigenvalue weighted by molar-refractivity contribution is -0.385. The molecular weight excluding hydrogens is 257 g/mol. The Morgan fingerprint density at radius 1 is 1.39 bits per heavy atom. The van der Waals surface area contributed by atoms with Crippen LogP contribution in [0.2, 0.25) is 0 Å². The molecule has 18 heavy (non-hydrogen) atoms. The topological polar surface area (TPSA) is 60.2 Å². The zero-order valence-corrected chi connectivity index (χ0v) is 9.95. The van der Waals surface area contributed by atoms with E-state index in [1.807, 2.05) is 5.38 Å². The number of hydrogen-bond acceptors (Lipinski definition) is 4.